The van der Waals surface area contributed by atoms with Gasteiger partial charge < -0.3 is 15.6 Å². The first kappa shape index (κ1) is 16.4. The Morgan fingerprint density at radius 2 is 2.12 bits per heavy atom. The quantitative estimate of drug-likeness (QED) is 0.688. The van der Waals surface area contributed by atoms with Crippen LogP contribution in [0.2, 0.25) is 0 Å². The molecule has 2 aromatic heterocycles. The molecule has 1 aromatic carbocycles. The van der Waals surface area contributed by atoms with Gasteiger partial charge >= 0.3 is 0 Å². The van der Waals surface area contributed by atoms with Gasteiger partial charge in [-0.3, -0.25) is 4.79 Å². The molecule has 2 heterocycles. The normalized spacial score (nSPS) is 15.4. The van der Waals surface area contributed by atoms with Crippen molar-refractivity contribution >= 4 is 28.7 Å². The molecule has 1 aliphatic rings. The minimum Gasteiger partial charge on any atom is -0.384 e. The number of rotatable bonds is 5. The lowest BCUT2D eigenvalue weighted by molar-refractivity contribution is -0.128. The number of aromatic nitrogens is 2. The third-order valence-corrected chi connectivity index (χ3v) is 4.84. The molecule has 0 bridgehead atoms. The zero-order chi connectivity index (χ0) is 18.1. The molecule has 3 N–H and O–H groups in total. The smallest absolute Gasteiger partial charge is 0.247 e. The number of fused-ring (bicyclic) bond motifs is 1. The van der Waals surface area contributed by atoms with Crippen molar-refractivity contribution < 1.29 is 4.79 Å². The summed E-state index contributed by atoms with van der Waals surface area (Å²) in [5.41, 5.74) is 8.63. The van der Waals surface area contributed by atoms with E-state index in [1.807, 2.05) is 23.1 Å². The van der Waals surface area contributed by atoms with Gasteiger partial charge in [-0.25, -0.2) is 4.98 Å². The summed E-state index contributed by atoms with van der Waals surface area (Å²) in [4.78, 5) is 22.4. The molecule has 0 spiro atoms. The number of carbonyl (C=O) groups excluding carboxylic acids is 1. The van der Waals surface area contributed by atoms with E-state index in [0.717, 1.165) is 29.6 Å². The second-order valence-corrected chi connectivity index (χ2v) is 6.81. The highest BCUT2D eigenvalue weighted by Gasteiger charge is 2.35. The number of hydrogen-bond donors (Lipinski definition) is 2. The summed E-state index contributed by atoms with van der Waals surface area (Å²) in [6.07, 6.45) is 7.22. The Labute approximate surface area is 152 Å². The zero-order valence-corrected chi connectivity index (χ0v) is 14.7. The van der Waals surface area contributed by atoms with Crippen LogP contribution in [0.25, 0.3) is 17.0 Å². The van der Waals surface area contributed by atoms with Crippen LogP contribution in [0.5, 0.6) is 0 Å². The van der Waals surface area contributed by atoms with Crippen molar-refractivity contribution in [1.29, 1.82) is 0 Å². The number of aromatic amines is 1. The van der Waals surface area contributed by atoms with Crippen molar-refractivity contribution in [2.24, 2.45) is 0 Å². The average molecular weight is 346 g/mol. The summed E-state index contributed by atoms with van der Waals surface area (Å²) < 4.78 is 0. The fraction of sp³-hybridized carbons (Fsp3) is 0.238. The number of hydrogen-bond acceptors (Lipinski definition) is 3. The largest absolute Gasteiger partial charge is 0.384 e. The maximum atomic E-state index is 12.9. The molecule has 1 unspecified atom stereocenters. The number of nitrogen functional groups attached to an aromatic ring is 1. The summed E-state index contributed by atoms with van der Waals surface area (Å²) in [7, 11) is 0. The lowest BCUT2D eigenvalue weighted by atomic mass is 10.1. The molecule has 132 valence electrons. The van der Waals surface area contributed by atoms with Crippen LogP contribution in [0.1, 0.15) is 37.1 Å². The molecule has 0 radical (unpaired) electrons. The van der Waals surface area contributed by atoms with Crippen molar-refractivity contribution in [3.05, 3.63) is 66.0 Å². The van der Waals surface area contributed by atoms with Crippen molar-refractivity contribution in [2.75, 3.05) is 5.73 Å². The fourth-order valence-corrected chi connectivity index (χ4v) is 3.28. The molecule has 5 nitrogen and oxygen atoms in total. The molecule has 5 heteroatoms. The number of para-hydroxylation sites is 1. The Morgan fingerprint density at radius 3 is 2.81 bits per heavy atom. The van der Waals surface area contributed by atoms with Gasteiger partial charge in [-0.15, -0.1) is 0 Å². The minimum absolute atomic E-state index is 0.00315. The second kappa shape index (κ2) is 6.67. The number of amides is 1. The van der Waals surface area contributed by atoms with Crippen molar-refractivity contribution in [1.82, 2.24) is 14.9 Å². The van der Waals surface area contributed by atoms with E-state index in [1.165, 1.54) is 5.39 Å². The maximum Gasteiger partial charge on any atom is 0.247 e. The first-order chi connectivity index (χ1) is 12.6. The van der Waals surface area contributed by atoms with Gasteiger partial charge in [0.1, 0.15) is 5.82 Å². The van der Waals surface area contributed by atoms with Gasteiger partial charge in [0.25, 0.3) is 0 Å². The summed E-state index contributed by atoms with van der Waals surface area (Å²) >= 11 is 0. The highest BCUT2D eigenvalue weighted by atomic mass is 16.2. The summed E-state index contributed by atoms with van der Waals surface area (Å²) in [5.74, 6) is 0.496. The lowest BCUT2D eigenvalue weighted by Crippen LogP contribution is -2.34. The molecule has 1 aliphatic carbocycles. The van der Waals surface area contributed by atoms with Gasteiger partial charge in [-0.05, 0) is 61.1 Å². The predicted molar refractivity (Wildman–Crippen MR) is 104 cm³/mol. The number of pyridine rings is 1. The molecule has 3 aromatic rings. The summed E-state index contributed by atoms with van der Waals surface area (Å²) in [5, 5.41) is 1.17. The zero-order valence-electron chi connectivity index (χ0n) is 14.7. The molecule has 0 aliphatic heterocycles. The SMILES string of the molecule is CC(c1cc2ccccc2[nH]1)N(C(=O)C=Cc1ccc(N)nc1)C1CC1. The van der Waals surface area contributed by atoms with Crippen LogP contribution >= 0.6 is 0 Å². The van der Waals surface area contributed by atoms with Crippen LogP contribution in [-0.4, -0.2) is 26.8 Å². The number of anilines is 1. The van der Waals surface area contributed by atoms with E-state index in [1.54, 1.807) is 24.4 Å². The average Bonchev–Trinajstić information content (AvgIpc) is 3.38. The molecule has 1 amide bonds. The topological polar surface area (TPSA) is 75.0 Å². The number of carbonyl (C=O) groups is 1. The standard InChI is InChI=1S/C21H22N4O/c1-14(19-12-16-4-2-3-5-18(16)24-19)25(17-8-9-17)21(26)11-7-15-6-10-20(22)23-13-15/h2-7,10-14,17,24H,8-9H2,1H3,(H2,22,23). The molecule has 0 saturated heterocycles. The second-order valence-electron chi connectivity index (χ2n) is 6.81. The van der Waals surface area contributed by atoms with Crippen LogP contribution in [0.3, 0.4) is 0 Å². The number of H-pyrrole nitrogens is 1. The van der Waals surface area contributed by atoms with Gasteiger partial charge in [0.2, 0.25) is 5.91 Å². The van der Waals surface area contributed by atoms with Gasteiger partial charge in [0.15, 0.2) is 0 Å². The third-order valence-electron chi connectivity index (χ3n) is 4.84. The Hall–Kier alpha value is -3.08. The van der Waals surface area contributed by atoms with Gasteiger partial charge in [-0.1, -0.05) is 18.2 Å². The number of nitrogens with two attached hydrogens (primary N) is 1. The summed E-state index contributed by atoms with van der Waals surface area (Å²) in [6.45, 7) is 2.08. The van der Waals surface area contributed by atoms with Crippen molar-refractivity contribution in [2.45, 2.75) is 31.8 Å². The van der Waals surface area contributed by atoms with E-state index < -0.39 is 0 Å². The van der Waals surface area contributed by atoms with Crippen LogP contribution in [-0.2, 0) is 4.79 Å². The first-order valence-corrected chi connectivity index (χ1v) is 8.91. The number of nitrogens with one attached hydrogen (secondary N) is 1. The van der Waals surface area contributed by atoms with Gasteiger partial charge in [-0.2, -0.15) is 0 Å². The highest BCUT2D eigenvalue weighted by Crippen LogP contribution is 2.35. The van der Waals surface area contributed by atoms with Gasteiger partial charge in [0, 0.05) is 29.5 Å². The minimum atomic E-state index is -0.00315. The molecular weight excluding hydrogens is 324 g/mol. The van der Waals surface area contributed by atoms with Crippen LogP contribution in [0, 0.1) is 0 Å². The van der Waals surface area contributed by atoms with Crippen LogP contribution in [0.4, 0.5) is 5.82 Å². The Bertz CT molecular complexity index is 921. The Balaban J connectivity index is 1.56. The van der Waals surface area contributed by atoms with Crippen molar-refractivity contribution in [3.8, 4) is 0 Å². The van der Waals surface area contributed by atoms with E-state index >= 15 is 0 Å². The highest BCUT2D eigenvalue weighted by molar-refractivity contribution is 5.92. The third kappa shape index (κ3) is 3.33. The first-order valence-electron chi connectivity index (χ1n) is 8.91. The Kier molecular flexibility index (Phi) is 4.21. The molecule has 26 heavy (non-hydrogen) atoms. The van der Waals surface area contributed by atoms with Crippen LogP contribution < -0.4 is 5.73 Å². The number of nitrogens with zero attached hydrogens (tertiary/aromatic N) is 2. The van der Waals surface area contributed by atoms with E-state index in [-0.39, 0.29) is 11.9 Å². The maximum absolute atomic E-state index is 12.9. The fourth-order valence-electron chi connectivity index (χ4n) is 3.28. The van der Waals surface area contributed by atoms with E-state index in [9.17, 15) is 4.79 Å². The van der Waals surface area contributed by atoms with Gasteiger partial charge in [0.05, 0.1) is 6.04 Å². The predicted octanol–water partition coefficient (Wildman–Crippen LogP) is 3.91. The van der Waals surface area contributed by atoms with Crippen LogP contribution in [0.15, 0.2) is 54.7 Å². The van der Waals surface area contributed by atoms with E-state index in [4.69, 9.17) is 5.73 Å². The molecule has 1 fully saturated rings. The lowest BCUT2D eigenvalue weighted by Gasteiger charge is -2.27. The monoisotopic (exact) mass is 346 g/mol. The molecular formula is C21H22N4O. The van der Waals surface area contributed by atoms with Crippen molar-refractivity contribution in [3.63, 3.8) is 0 Å². The molecule has 1 atom stereocenters. The molecule has 1 saturated carbocycles. The Morgan fingerprint density at radius 1 is 1.31 bits per heavy atom. The van der Waals surface area contributed by atoms with E-state index in [2.05, 4.69) is 35.1 Å². The van der Waals surface area contributed by atoms with E-state index in [0.29, 0.717) is 11.9 Å². The summed E-state index contributed by atoms with van der Waals surface area (Å²) in [6, 6.07) is 14.2. The molecule has 4 rings (SSSR count). The number of benzene rings is 1.